The summed E-state index contributed by atoms with van der Waals surface area (Å²) in [6.07, 6.45) is -0.588. The van der Waals surface area contributed by atoms with Crippen LogP contribution in [-0.2, 0) is 4.74 Å². The smallest absolute Gasteiger partial charge is 0.119 e. The maximum Gasteiger partial charge on any atom is 0.119 e. The zero-order chi connectivity index (χ0) is 13.4. The predicted octanol–water partition coefficient (Wildman–Crippen LogP) is 1.74. The molecular formula is C14H23NO3. The third-order valence-electron chi connectivity index (χ3n) is 2.75. The van der Waals surface area contributed by atoms with Crippen LogP contribution in [0.2, 0.25) is 0 Å². The van der Waals surface area contributed by atoms with Crippen molar-refractivity contribution < 1.29 is 14.6 Å². The van der Waals surface area contributed by atoms with E-state index in [1.54, 1.807) is 0 Å². The van der Waals surface area contributed by atoms with Gasteiger partial charge in [0.05, 0.1) is 6.61 Å². The second-order valence-corrected chi connectivity index (χ2v) is 4.21. The Hall–Kier alpha value is -1.10. The van der Waals surface area contributed by atoms with Crippen LogP contribution in [0.5, 0.6) is 5.75 Å². The molecule has 0 amide bonds. The van der Waals surface area contributed by atoms with Crippen LogP contribution in [0.3, 0.4) is 0 Å². The van der Waals surface area contributed by atoms with Gasteiger partial charge in [-0.15, -0.1) is 0 Å². The highest BCUT2D eigenvalue weighted by Gasteiger charge is 2.07. The van der Waals surface area contributed by atoms with Crippen LogP contribution in [0, 0.1) is 0 Å². The Morgan fingerprint density at radius 1 is 1.33 bits per heavy atom. The van der Waals surface area contributed by atoms with E-state index < -0.39 is 6.10 Å². The Balaban J connectivity index is 2.47. The van der Waals surface area contributed by atoms with E-state index in [1.165, 1.54) is 0 Å². The highest BCUT2D eigenvalue weighted by atomic mass is 16.5. The molecule has 0 aliphatic rings. The van der Waals surface area contributed by atoms with E-state index in [0.717, 1.165) is 11.3 Å². The van der Waals surface area contributed by atoms with Gasteiger partial charge in [0.15, 0.2) is 0 Å². The summed E-state index contributed by atoms with van der Waals surface area (Å²) in [6.45, 7) is 5.14. The monoisotopic (exact) mass is 253 g/mol. The van der Waals surface area contributed by atoms with Gasteiger partial charge in [0.1, 0.15) is 18.5 Å². The van der Waals surface area contributed by atoms with E-state index in [4.69, 9.17) is 9.47 Å². The van der Waals surface area contributed by atoms with Crippen molar-refractivity contribution in [2.75, 3.05) is 26.9 Å². The van der Waals surface area contributed by atoms with Crippen LogP contribution in [0.4, 0.5) is 0 Å². The number of rotatable bonds is 8. The fourth-order valence-corrected chi connectivity index (χ4v) is 1.53. The fraction of sp³-hybridized carbons (Fsp3) is 0.571. The Kier molecular flexibility index (Phi) is 6.72. The van der Waals surface area contributed by atoms with Crippen LogP contribution in [0.1, 0.15) is 25.5 Å². The number of aliphatic hydroxyl groups excluding tert-OH is 1. The topological polar surface area (TPSA) is 50.7 Å². The van der Waals surface area contributed by atoms with Crippen molar-refractivity contribution in [3.05, 3.63) is 29.8 Å². The number of aliphatic hydroxyl groups is 1. The lowest BCUT2D eigenvalue weighted by Crippen LogP contribution is -2.23. The molecule has 0 saturated carbocycles. The van der Waals surface area contributed by atoms with Gasteiger partial charge in [-0.3, -0.25) is 0 Å². The average Bonchev–Trinajstić information content (AvgIpc) is 2.42. The van der Waals surface area contributed by atoms with Crippen molar-refractivity contribution in [1.82, 2.24) is 5.32 Å². The molecule has 18 heavy (non-hydrogen) atoms. The van der Waals surface area contributed by atoms with Gasteiger partial charge in [-0.2, -0.15) is 0 Å². The minimum Gasteiger partial charge on any atom is -0.491 e. The highest BCUT2D eigenvalue weighted by Crippen LogP contribution is 2.18. The summed E-state index contributed by atoms with van der Waals surface area (Å²) >= 11 is 0. The molecule has 0 aromatic heterocycles. The van der Waals surface area contributed by atoms with Gasteiger partial charge in [-0.25, -0.2) is 0 Å². The SMILES string of the molecule is CCOCC(O)COc1cccc(C(C)NC)c1. The molecule has 0 saturated heterocycles. The van der Waals surface area contributed by atoms with E-state index in [2.05, 4.69) is 12.2 Å². The summed E-state index contributed by atoms with van der Waals surface area (Å²) in [4.78, 5) is 0. The van der Waals surface area contributed by atoms with E-state index in [0.29, 0.717) is 13.2 Å². The molecule has 0 radical (unpaired) electrons. The molecule has 0 bridgehead atoms. The third kappa shape index (κ3) is 5.04. The largest absolute Gasteiger partial charge is 0.491 e. The molecule has 4 heteroatoms. The van der Waals surface area contributed by atoms with Gasteiger partial charge < -0.3 is 19.9 Å². The van der Waals surface area contributed by atoms with Gasteiger partial charge in [0.25, 0.3) is 0 Å². The lowest BCUT2D eigenvalue weighted by Gasteiger charge is -2.15. The molecule has 2 atom stereocenters. The first kappa shape index (κ1) is 15.0. The molecule has 1 aromatic rings. The summed E-state index contributed by atoms with van der Waals surface area (Å²) < 4.78 is 10.7. The van der Waals surface area contributed by atoms with Crippen LogP contribution < -0.4 is 10.1 Å². The maximum atomic E-state index is 9.60. The van der Waals surface area contributed by atoms with Crippen LogP contribution in [0.25, 0.3) is 0 Å². The molecule has 102 valence electrons. The molecule has 0 spiro atoms. The van der Waals surface area contributed by atoms with Gasteiger partial charge in [-0.05, 0) is 38.6 Å². The molecular weight excluding hydrogens is 230 g/mol. The highest BCUT2D eigenvalue weighted by molar-refractivity contribution is 5.30. The Morgan fingerprint density at radius 3 is 2.78 bits per heavy atom. The Labute approximate surface area is 109 Å². The van der Waals surface area contributed by atoms with Crippen molar-refractivity contribution in [1.29, 1.82) is 0 Å². The first-order valence-electron chi connectivity index (χ1n) is 6.33. The molecule has 1 rings (SSSR count). The molecule has 0 aliphatic heterocycles. The van der Waals surface area contributed by atoms with E-state index in [1.807, 2.05) is 38.2 Å². The Bertz CT molecular complexity index is 344. The summed E-state index contributed by atoms with van der Waals surface area (Å²) in [7, 11) is 1.92. The van der Waals surface area contributed by atoms with E-state index in [-0.39, 0.29) is 12.6 Å². The van der Waals surface area contributed by atoms with Crippen LogP contribution in [0.15, 0.2) is 24.3 Å². The molecule has 0 heterocycles. The normalized spacial score (nSPS) is 14.2. The van der Waals surface area contributed by atoms with E-state index >= 15 is 0 Å². The van der Waals surface area contributed by atoms with Crippen molar-refractivity contribution >= 4 is 0 Å². The molecule has 4 nitrogen and oxygen atoms in total. The first-order valence-corrected chi connectivity index (χ1v) is 6.33. The number of hydrogen-bond acceptors (Lipinski definition) is 4. The Morgan fingerprint density at radius 2 is 2.11 bits per heavy atom. The molecule has 2 N–H and O–H groups in total. The predicted molar refractivity (Wildman–Crippen MR) is 71.9 cm³/mol. The lowest BCUT2D eigenvalue weighted by molar-refractivity contribution is 0.0164. The molecule has 0 fully saturated rings. The minimum absolute atomic E-state index is 0.247. The van der Waals surface area contributed by atoms with Crippen molar-refractivity contribution in [3.8, 4) is 5.75 Å². The quantitative estimate of drug-likeness (QED) is 0.741. The summed E-state index contributed by atoms with van der Waals surface area (Å²) in [6, 6.07) is 8.15. The lowest BCUT2D eigenvalue weighted by atomic mass is 10.1. The molecule has 1 aromatic carbocycles. The summed E-state index contributed by atoms with van der Waals surface area (Å²) in [5.74, 6) is 0.769. The van der Waals surface area contributed by atoms with Gasteiger partial charge >= 0.3 is 0 Å². The zero-order valence-corrected chi connectivity index (χ0v) is 11.3. The zero-order valence-electron chi connectivity index (χ0n) is 11.3. The number of nitrogens with one attached hydrogen (secondary N) is 1. The number of benzene rings is 1. The fourth-order valence-electron chi connectivity index (χ4n) is 1.53. The van der Waals surface area contributed by atoms with Crippen LogP contribution in [-0.4, -0.2) is 38.1 Å². The molecule has 0 aliphatic carbocycles. The van der Waals surface area contributed by atoms with Gasteiger partial charge in [0.2, 0.25) is 0 Å². The van der Waals surface area contributed by atoms with Gasteiger partial charge in [0, 0.05) is 12.6 Å². The average molecular weight is 253 g/mol. The van der Waals surface area contributed by atoms with Gasteiger partial charge in [-0.1, -0.05) is 12.1 Å². The second kappa shape index (κ2) is 8.08. The van der Waals surface area contributed by atoms with Crippen LogP contribution >= 0.6 is 0 Å². The van der Waals surface area contributed by atoms with Crippen molar-refractivity contribution in [2.24, 2.45) is 0 Å². The number of hydrogen-bond donors (Lipinski definition) is 2. The summed E-state index contributed by atoms with van der Waals surface area (Å²) in [5.41, 5.74) is 1.16. The second-order valence-electron chi connectivity index (χ2n) is 4.21. The maximum absolute atomic E-state index is 9.60. The minimum atomic E-state index is -0.588. The van der Waals surface area contributed by atoms with E-state index in [9.17, 15) is 5.11 Å². The van der Waals surface area contributed by atoms with Crippen molar-refractivity contribution in [3.63, 3.8) is 0 Å². The third-order valence-corrected chi connectivity index (χ3v) is 2.75. The standard InChI is InChI=1S/C14H23NO3/c1-4-17-9-13(16)10-18-14-7-5-6-12(8-14)11(2)15-3/h5-8,11,13,15-16H,4,9-10H2,1-3H3. The first-order chi connectivity index (χ1) is 8.67. The summed E-state index contributed by atoms with van der Waals surface area (Å²) in [5, 5.41) is 12.8. The van der Waals surface area contributed by atoms with Crippen molar-refractivity contribution in [2.45, 2.75) is 26.0 Å². The molecule has 2 unspecified atom stereocenters. The number of ether oxygens (including phenoxy) is 2.